The van der Waals surface area contributed by atoms with Crippen molar-refractivity contribution in [2.24, 2.45) is 0 Å². The fourth-order valence-corrected chi connectivity index (χ4v) is 6.36. The molecule has 0 N–H and O–H groups in total. The van der Waals surface area contributed by atoms with Crippen molar-refractivity contribution in [2.75, 3.05) is 0 Å². The smallest absolute Gasteiger partial charge is 0.155 e. The van der Waals surface area contributed by atoms with Crippen molar-refractivity contribution in [1.29, 1.82) is 0 Å². The Bertz CT molecular complexity index is 2190. The molecular formula is C31H18B5ClN2O. The van der Waals surface area contributed by atoms with Crippen LogP contribution >= 0.6 is 11.6 Å². The van der Waals surface area contributed by atoms with Crippen LogP contribution in [0.3, 0.4) is 0 Å². The van der Waals surface area contributed by atoms with E-state index < -0.39 is 0 Å². The van der Waals surface area contributed by atoms with Gasteiger partial charge in [-0.3, -0.25) is 8.97 Å². The number of halogens is 1. The normalized spacial score (nSPS) is 12.0. The summed E-state index contributed by atoms with van der Waals surface area (Å²) in [5.41, 5.74) is 11.7. The summed E-state index contributed by atoms with van der Waals surface area (Å²) >= 11 is 7.27. The number of benzene rings is 4. The van der Waals surface area contributed by atoms with E-state index in [9.17, 15) is 0 Å². The average Bonchev–Trinajstić information content (AvgIpc) is 3.55. The van der Waals surface area contributed by atoms with Crippen molar-refractivity contribution < 1.29 is 4.42 Å². The van der Waals surface area contributed by atoms with Crippen LogP contribution < -0.4 is 27.3 Å². The van der Waals surface area contributed by atoms with Gasteiger partial charge in [0.1, 0.15) is 56.0 Å². The van der Waals surface area contributed by atoms with Gasteiger partial charge in [0, 0.05) is 17.0 Å². The first kappa shape index (κ1) is 25.3. The Morgan fingerprint density at radius 3 is 2.08 bits per heavy atom. The Morgan fingerprint density at radius 1 is 0.700 bits per heavy atom. The zero-order valence-corrected chi connectivity index (χ0v) is 23.0. The number of fused-ring (bicyclic) bond motifs is 7. The molecule has 3 nitrogen and oxygen atoms in total. The molecular weight excluding hydrogens is 506 g/mol. The minimum atomic E-state index is 0.162. The lowest BCUT2D eigenvalue weighted by molar-refractivity contribution is 0.669. The molecule has 3 heterocycles. The number of aromatic nitrogens is 2. The first-order valence-corrected chi connectivity index (χ1v) is 13.2. The van der Waals surface area contributed by atoms with Gasteiger partial charge in [-0.2, -0.15) is 0 Å². The third kappa shape index (κ3) is 3.32. The van der Waals surface area contributed by atoms with Gasteiger partial charge in [0.25, 0.3) is 0 Å². The summed E-state index contributed by atoms with van der Waals surface area (Å²) in [6.07, 6.45) is 0. The predicted molar refractivity (Wildman–Crippen MR) is 173 cm³/mol. The largest absolute Gasteiger partial charge is 0.454 e. The lowest BCUT2D eigenvalue weighted by Gasteiger charge is -2.23. The molecule has 0 amide bonds. The maximum atomic E-state index is 7.27. The molecule has 4 aromatic carbocycles. The number of para-hydroxylation sites is 1. The molecule has 10 radical (unpaired) electrons. The van der Waals surface area contributed by atoms with E-state index in [2.05, 4.69) is 47.1 Å². The molecule has 0 saturated carbocycles. The quantitative estimate of drug-likeness (QED) is 0.319. The minimum absolute atomic E-state index is 0.162. The van der Waals surface area contributed by atoms with Crippen LogP contribution in [-0.2, 0) is 0 Å². The molecule has 0 aliphatic carbocycles. The number of hydrogen-bond donors (Lipinski definition) is 0. The van der Waals surface area contributed by atoms with Gasteiger partial charge in [0.05, 0.1) is 21.7 Å². The standard InChI is InChI=1S/C31H18B5ClN2O/c1-13-8-15(3)30-19(11-13)39-22(12-21-31(39)16-6-4-5-7-20(16)40-21)38(30)18-10-14(2)9-17(29(18)37)23-24(32)26(34)28(36)27(35)25(23)33/h4-12H,1-3H3. The summed E-state index contributed by atoms with van der Waals surface area (Å²) in [4.78, 5) is 0. The van der Waals surface area contributed by atoms with E-state index in [1.165, 1.54) is 0 Å². The Labute approximate surface area is 243 Å². The first-order chi connectivity index (χ1) is 19.1. The van der Waals surface area contributed by atoms with Crippen molar-refractivity contribution in [3.8, 4) is 16.8 Å². The van der Waals surface area contributed by atoms with E-state index in [-0.39, 0.29) is 27.3 Å². The monoisotopic (exact) mass is 524 g/mol. The second-order valence-electron chi connectivity index (χ2n) is 10.5. The number of furan rings is 1. The second-order valence-corrected chi connectivity index (χ2v) is 10.9. The van der Waals surface area contributed by atoms with Crippen molar-refractivity contribution >= 4 is 117 Å². The van der Waals surface area contributed by atoms with Crippen molar-refractivity contribution in [1.82, 2.24) is 8.97 Å². The van der Waals surface area contributed by atoms with Gasteiger partial charge in [-0.15, -0.1) is 16.4 Å². The Kier molecular flexibility index (Phi) is 5.50. The third-order valence-corrected chi connectivity index (χ3v) is 8.23. The van der Waals surface area contributed by atoms with Gasteiger partial charge < -0.3 is 4.42 Å². The molecule has 0 bridgehead atoms. The summed E-state index contributed by atoms with van der Waals surface area (Å²) < 4.78 is 10.7. The topological polar surface area (TPSA) is 22.5 Å². The zero-order chi connectivity index (χ0) is 28.2. The van der Waals surface area contributed by atoms with Crippen LogP contribution in [-0.4, -0.2) is 48.2 Å². The van der Waals surface area contributed by atoms with Gasteiger partial charge >= 0.3 is 0 Å². The van der Waals surface area contributed by atoms with E-state index in [1.54, 1.807) is 0 Å². The summed E-state index contributed by atoms with van der Waals surface area (Å²) in [7, 11) is 31.4. The molecule has 7 aromatic rings. The Morgan fingerprint density at radius 2 is 1.35 bits per heavy atom. The highest BCUT2D eigenvalue weighted by atomic mass is 35.5. The Balaban J connectivity index is 1.65. The molecule has 0 atom stereocenters. The number of hydrogen-bond acceptors (Lipinski definition) is 1. The minimum Gasteiger partial charge on any atom is -0.454 e. The highest BCUT2D eigenvalue weighted by molar-refractivity contribution is 6.69. The van der Waals surface area contributed by atoms with Crippen LogP contribution in [0.4, 0.5) is 0 Å². The van der Waals surface area contributed by atoms with E-state index in [4.69, 9.17) is 55.2 Å². The van der Waals surface area contributed by atoms with E-state index in [0.29, 0.717) is 16.1 Å². The van der Waals surface area contributed by atoms with Crippen LogP contribution in [0.1, 0.15) is 16.7 Å². The van der Waals surface area contributed by atoms with E-state index in [1.807, 2.05) is 37.3 Å². The number of rotatable bonds is 2. The number of aryl methyl sites for hydroxylation is 3. The van der Waals surface area contributed by atoms with Crippen molar-refractivity contribution in [3.05, 3.63) is 76.3 Å². The van der Waals surface area contributed by atoms with Crippen LogP contribution in [0.5, 0.6) is 0 Å². The molecule has 0 aliphatic heterocycles. The molecule has 40 heavy (non-hydrogen) atoms. The van der Waals surface area contributed by atoms with Gasteiger partial charge in [-0.05, 0) is 73.4 Å². The lowest BCUT2D eigenvalue weighted by atomic mass is 9.59. The lowest BCUT2D eigenvalue weighted by Crippen LogP contribution is -2.55. The summed E-state index contributed by atoms with van der Waals surface area (Å²) in [6, 6.07) is 18.5. The fraction of sp³-hybridized carbons (Fsp3) is 0.0968. The van der Waals surface area contributed by atoms with Gasteiger partial charge in [-0.1, -0.05) is 40.7 Å². The first-order valence-electron chi connectivity index (χ1n) is 12.8. The summed E-state index contributed by atoms with van der Waals surface area (Å²) in [5.74, 6) is 0. The van der Waals surface area contributed by atoms with Crippen LogP contribution in [0.2, 0.25) is 5.02 Å². The molecule has 180 valence electrons. The molecule has 0 unspecified atom stereocenters. The molecule has 7 rings (SSSR count). The third-order valence-electron chi connectivity index (χ3n) is 7.83. The number of nitrogens with zero attached hydrogens (tertiary/aromatic N) is 2. The van der Waals surface area contributed by atoms with E-state index >= 15 is 0 Å². The average molecular weight is 524 g/mol. The molecule has 3 aromatic heterocycles. The summed E-state index contributed by atoms with van der Waals surface area (Å²) in [5, 5.41) is 1.50. The van der Waals surface area contributed by atoms with Gasteiger partial charge in [0.2, 0.25) is 0 Å². The van der Waals surface area contributed by atoms with Crippen LogP contribution in [0.15, 0.2) is 59.0 Å². The summed E-state index contributed by atoms with van der Waals surface area (Å²) in [6.45, 7) is 6.21. The van der Waals surface area contributed by atoms with Crippen LogP contribution in [0, 0.1) is 20.8 Å². The van der Waals surface area contributed by atoms with Gasteiger partial charge in [0.15, 0.2) is 5.58 Å². The molecule has 0 spiro atoms. The number of imidazole rings is 1. The maximum absolute atomic E-state index is 7.27. The van der Waals surface area contributed by atoms with Crippen molar-refractivity contribution in [2.45, 2.75) is 20.8 Å². The maximum Gasteiger partial charge on any atom is 0.155 e. The van der Waals surface area contributed by atoms with Gasteiger partial charge in [-0.25, -0.2) is 0 Å². The molecule has 9 heteroatoms. The fourth-order valence-electron chi connectivity index (χ4n) is 6.08. The predicted octanol–water partition coefficient (Wildman–Crippen LogP) is 3.00. The molecule has 0 fully saturated rings. The zero-order valence-electron chi connectivity index (χ0n) is 22.3. The van der Waals surface area contributed by atoms with Crippen LogP contribution in [0.25, 0.3) is 55.6 Å². The van der Waals surface area contributed by atoms with E-state index in [0.717, 1.165) is 61.1 Å². The second kappa shape index (κ2) is 8.68. The highest BCUT2D eigenvalue weighted by Gasteiger charge is 2.24. The SMILES string of the molecule is [B]c1c([B])c([B])c(-c2cc(C)cc(-n3c4c(C)cc(C)cc4n4c5c(cc34)oc3ccccc35)c2Cl)c([B])c1[B]. The van der Waals surface area contributed by atoms with Crippen molar-refractivity contribution in [3.63, 3.8) is 0 Å². The molecule has 0 aliphatic rings. The Hall–Kier alpha value is -3.63. The highest BCUT2D eigenvalue weighted by Crippen LogP contribution is 2.41. The molecule has 0 saturated heterocycles.